The van der Waals surface area contributed by atoms with E-state index in [1.54, 1.807) is 124 Å². The molecule has 5 N–H and O–H groups in total. The molecule has 8 heterocycles. The van der Waals surface area contributed by atoms with Crippen LogP contribution in [-0.2, 0) is 51.1 Å². The number of nitrogens with zero attached hydrogens (tertiary/aromatic N) is 5. The number of aromatic nitrogens is 8. The van der Waals surface area contributed by atoms with Crippen molar-refractivity contribution in [2.75, 3.05) is 13.7 Å². The topological polar surface area (TPSA) is 276 Å². The maximum Gasteiger partial charge on any atom is 1.00 e. The number of nitrogens with one attached hydrogen (secondary N) is 3. The largest absolute Gasteiger partial charge is 1.00 e. The number of aliphatic hydroxyl groups excluding tert-OH is 1. The predicted octanol–water partition coefficient (Wildman–Crippen LogP) is 7.73. The van der Waals surface area contributed by atoms with Gasteiger partial charge in [-0.3, -0.25) is 0 Å². The molecular weight excluding hydrogens is 1110 g/mol. The summed E-state index contributed by atoms with van der Waals surface area (Å²) >= 11 is 11.3. The Labute approximate surface area is 507 Å². The molecule has 0 aliphatic rings. The Bertz CT molecular complexity index is 3380. The number of aromatic amines is 3. The number of halogens is 4. The maximum atomic E-state index is 12.1. The Balaban J connectivity index is 0.00000103. The molecule has 0 bridgehead atoms. The van der Waals surface area contributed by atoms with E-state index in [4.69, 9.17) is 61.4 Å². The molecule has 77 heavy (non-hydrogen) atoms. The molecule has 0 spiro atoms. The first-order valence-electron chi connectivity index (χ1n) is 27.6. The zero-order chi connectivity index (χ0) is 67.1. The average Bonchev–Trinajstić information content (AvgIpc) is 2.49. The molecule has 0 unspecified atom stereocenters. The summed E-state index contributed by atoms with van der Waals surface area (Å²) in [6.45, 7) is 15.2. The third kappa shape index (κ3) is 25.8. The first-order chi connectivity index (χ1) is 39.7. The maximum absolute atomic E-state index is 12.1. The molecule has 0 saturated carbocycles. The minimum atomic E-state index is -3.00. The number of ether oxygens (including phenoxy) is 5. The van der Waals surface area contributed by atoms with Gasteiger partial charge in [0, 0.05) is 117 Å². The molecule has 0 aliphatic carbocycles. The van der Waals surface area contributed by atoms with Crippen molar-refractivity contribution < 1.29 is 95.1 Å². The number of hydrogen-bond donors (Lipinski definition) is 5. The molecule has 0 aromatic carbocycles. The number of rotatable bonds is 5. The second-order valence-electron chi connectivity index (χ2n) is 17.3. The molecule has 0 amide bonds. The molecule has 0 radical (unpaired) electrons. The van der Waals surface area contributed by atoms with E-state index in [2.05, 4.69) is 66.1 Å². The summed E-state index contributed by atoms with van der Waals surface area (Å²) in [6, 6.07) is 13.1. The number of aliphatic hydroxyl groups is 2. The first kappa shape index (κ1) is 53.7. The van der Waals surface area contributed by atoms with Crippen LogP contribution in [-0.4, -0.2) is 124 Å². The molecule has 8 aromatic heterocycles. The van der Waals surface area contributed by atoms with Crippen LogP contribution in [0.25, 0.3) is 44.1 Å². The second kappa shape index (κ2) is 35.3. The summed E-state index contributed by atoms with van der Waals surface area (Å²) in [5, 5.41) is 15.3. The number of hydrogen-bond acceptors (Lipinski definition) is 16. The van der Waals surface area contributed by atoms with Crippen molar-refractivity contribution in [1.82, 2.24) is 39.5 Å². The summed E-state index contributed by atoms with van der Waals surface area (Å²) < 4.78 is 108. The molecule has 20 nitrogen and oxygen atoms in total. The van der Waals surface area contributed by atoms with E-state index >= 15 is 0 Å². The third-order valence-corrected chi connectivity index (χ3v) is 8.73. The molecule has 0 saturated heterocycles. The zero-order valence-corrected chi connectivity index (χ0v) is 50.0. The van der Waals surface area contributed by atoms with Gasteiger partial charge in [-0.15, -0.1) is 23.2 Å². The summed E-state index contributed by atoms with van der Waals surface area (Å²) in [4.78, 5) is 70.5. The van der Waals surface area contributed by atoms with Crippen molar-refractivity contribution in [2.45, 2.75) is 104 Å². The Morgan fingerprint density at radius 2 is 1.08 bits per heavy atom. The summed E-state index contributed by atoms with van der Waals surface area (Å²) in [5.74, 6) is -4.18. The van der Waals surface area contributed by atoms with E-state index in [9.17, 15) is 24.3 Å². The normalized spacial score (nSPS) is 13.2. The first-order valence-corrected chi connectivity index (χ1v) is 25.4. The number of pyridine rings is 4. The number of esters is 1. The van der Waals surface area contributed by atoms with Crippen molar-refractivity contribution in [3.8, 4) is 0 Å². The van der Waals surface area contributed by atoms with Crippen LogP contribution >= 0.6 is 44.6 Å². The van der Waals surface area contributed by atoms with Crippen LogP contribution in [0.1, 0.15) is 105 Å². The second-order valence-corrected chi connectivity index (χ2v) is 20.2. The van der Waals surface area contributed by atoms with Gasteiger partial charge in [-0.1, -0.05) is 8.27 Å². The molecular formula is C50H66BCl4N8NaO12S. The standard InChI is InChI=1S/C13H15ClN2O2.C10H10N2O2.C10H18O5.C8H7ClN2.C8H8N2O.CH4O.BH4.Cl2OS.Na/c1-13(2,3)18-12(17)16-7-5-10-9(8-14)4-6-15-11(10)16;1-2-14-10(13)8-4-6-12-9-7(8)3-5-11-9;1-9(2,3)14-7(11)13-8(12)15-10(4,5)6;9-5-6-1-3-10-8-7(6)2-4-11-8;11-5-6-1-3-9-8-7(6)2-4-10-8;1-2;;1-4(2)3;/h4-7H,8H2,1-3H3;3-6H,2H2,1H3,(H,11,12);1-6H3;1-4H,5H2,(H,10,11);1-4,11H,5H2,(H,9,10);2H,1H3;1H4;;/q;;;;;;-1;;+1/i8D2;;;2*5D2;2D;1D4;;. The SMILES string of the molecule is CC(C)(C)OC(=O)OC(=O)OC(C)(C)C.CCOC(=O)c1ccnc2[nH]ccc12.O=S(Cl)Cl.[2H]C([2H])(Cl)c1ccnc2[nH]ccc12.[2H]C([2H])(Cl)c1ccnc2c1ccn2C(=O)OC(C)(C)C.[2H]C([2H])(O)c1ccnc2[nH]ccc12.[2H]OC.[2H][B-]([2H])([2H])[2H].[Na+]. The third-order valence-electron chi connectivity index (χ3n) is 8.32. The van der Waals surface area contributed by atoms with Gasteiger partial charge in [0.05, 0.1) is 21.5 Å². The van der Waals surface area contributed by atoms with E-state index < -0.39 is 70.9 Å². The number of carbonyl (C=O) groups is 4. The quantitative estimate of drug-likeness (QED) is 0.0275. The average molecular weight is 1190 g/mol. The summed E-state index contributed by atoms with van der Waals surface area (Å²) in [6.07, 6.45) is 9.94. The molecule has 0 aliphatic heterocycles. The Morgan fingerprint density at radius 1 is 0.688 bits per heavy atom. The van der Waals surface area contributed by atoms with Gasteiger partial charge in [-0.25, -0.2) is 53.2 Å². The van der Waals surface area contributed by atoms with E-state index in [0.29, 0.717) is 51.1 Å². The van der Waals surface area contributed by atoms with Gasteiger partial charge in [0.15, 0.2) is 0 Å². The molecule has 27 heteroatoms. The van der Waals surface area contributed by atoms with Crippen LogP contribution in [0.2, 0.25) is 0 Å². The van der Waals surface area contributed by atoms with Gasteiger partial charge in [0.25, 0.3) is 0 Å². The van der Waals surface area contributed by atoms with Gasteiger partial charge in [-0.05, 0) is 134 Å². The Hall–Kier alpha value is -5.27. The number of fused-ring (bicyclic) bond motifs is 4. The Kier molecular flexibility index (Phi) is 24.6. The van der Waals surface area contributed by atoms with Crippen molar-refractivity contribution >= 4 is 131 Å². The van der Waals surface area contributed by atoms with Crippen LogP contribution in [0, 0.1) is 0 Å². The van der Waals surface area contributed by atoms with Gasteiger partial charge in [0.2, 0.25) is 10.7 Å². The van der Waals surface area contributed by atoms with E-state index in [0.717, 1.165) is 10.8 Å². The van der Waals surface area contributed by atoms with Crippen LogP contribution in [0.4, 0.5) is 14.4 Å². The fraction of sp³-hybridized carbons (Fsp3) is 0.360. The summed E-state index contributed by atoms with van der Waals surface area (Å²) in [7, 11) is 5.65. The van der Waals surface area contributed by atoms with E-state index in [1.807, 2.05) is 6.07 Å². The van der Waals surface area contributed by atoms with Gasteiger partial charge >= 0.3 is 53.9 Å². The van der Waals surface area contributed by atoms with Crippen LogP contribution in [0.5, 0.6) is 0 Å². The number of carbonyl (C=O) groups excluding carboxylic acids is 4. The molecule has 8 rings (SSSR count). The van der Waals surface area contributed by atoms with Crippen molar-refractivity contribution in [3.05, 3.63) is 120 Å². The van der Waals surface area contributed by atoms with Crippen LogP contribution < -0.4 is 29.6 Å². The fourth-order valence-electron chi connectivity index (χ4n) is 5.64. The molecule has 8 aromatic rings. The summed E-state index contributed by atoms with van der Waals surface area (Å²) in [5.41, 5.74) is 1.75. The van der Waals surface area contributed by atoms with Crippen molar-refractivity contribution in [3.63, 3.8) is 0 Å². The van der Waals surface area contributed by atoms with Crippen LogP contribution in [0.15, 0.2) is 98.1 Å². The number of H-pyrrole nitrogens is 3. The molecule has 416 valence electrons. The zero-order valence-electron chi connectivity index (χ0n) is 55.1. The van der Waals surface area contributed by atoms with Gasteiger partial charge < -0.3 is 48.9 Å². The molecule has 0 atom stereocenters. The smallest absolute Gasteiger partial charge is 0.462 e. The fourth-order valence-corrected chi connectivity index (χ4v) is 5.97. The van der Waals surface area contributed by atoms with E-state index in [-0.39, 0.29) is 46.7 Å². The number of alkyl halides is 2. The molecule has 0 fully saturated rings. The van der Waals surface area contributed by atoms with Crippen molar-refractivity contribution in [2.24, 2.45) is 0 Å². The predicted molar refractivity (Wildman–Crippen MR) is 304 cm³/mol. The Morgan fingerprint density at radius 3 is 1.51 bits per heavy atom. The van der Waals surface area contributed by atoms with E-state index in [1.165, 1.54) is 48.6 Å². The van der Waals surface area contributed by atoms with Crippen molar-refractivity contribution in [1.29, 1.82) is 6.77 Å². The van der Waals surface area contributed by atoms with Gasteiger partial charge in [-0.2, -0.15) is 0 Å². The monoisotopic (exact) mass is 1190 g/mol. The van der Waals surface area contributed by atoms with Crippen LogP contribution in [0.3, 0.4) is 0 Å². The van der Waals surface area contributed by atoms with Gasteiger partial charge in [0.1, 0.15) is 39.4 Å². The minimum Gasteiger partial charge on any atom is -0.462 e. The minimum absolute atomic E-state index is 0.